The summed E-state index contributed by atoms with van der Waals surface area (Å²) in [5.41, 5.74) is 6.85. The van der Waals surface area contributed by atoms with Crippen LogP contribution in [0.1, 0.15) is 11.1 Å². The average Bonchev–Trinajstić information content (AvgIpc) is 3.36. The van der Waals surface area contributed by atoms with Gasteiger partial charge in [0.25, 0.3) is 0 Å². The smallest absolute Gasteiger partial charge is 0.147 e. The third-order valence-corrected chi connectivity index (χ3v) is 7.02. The first-order valence-electron chi connectivity index (χ1n) is 12.4. The number of methoxy groups -OCH3 is 2. The number of fused-ring (bicyclic) bond motifs is 1. The van der Waals surface area contributed by atoms with Crippen LogP contribution in [0.15, 0.2) is 42.6 Å². The Morgan fingerprint density at radius 3 is 2.62 bits per heavy atom. The quantitative estimate of drug-likeness (QED) is 0.392. The van der Waals surface area contributed by atoms with Crippen molar-refractivity contribution in [1.82, 2.24) is 25.1 Å². The Kier molecular flexibility index (Phi) is 7.30. The molecule has 5 rings (SSSR count). The van der Waals surface area contributed by atoms with Gasteiger partial charge in [0, 0.05) is 63.2 Å². The minimum absolute atomic E-state index is 0.349. The average molecular weight is 498 g/mol. The molecule has 0 saturated carbocycles. The standard InChI is InChI=1S/C28H31N7O2/c1-19-20(9-10-29)5-4-6-22(19)27-24(37-3)17-23-28(31-27)26(33-32-23)21-7-8-25(30-18-21)35-13-11-34(12-14-35)15-16-36-2/h4-8,17-18H,9,11-16H2,1-3H3,(H,32,33). The first-order valence-corrected chi connectivity index (χ1v) is 12.4. The Morgan fingerprint density at radius 2 is 1.92 bits per heavy atom. The van der Waals surface area contributed by atoms with Crippen molar-refractivity contribution in [2.45, 2.75) is 13.3 Å². The Morgan fingerprint density at radius 1 is 1.08 bits per heavy atom. The monoisotopic (exact) mass is 497 g/mol. The van der Waals surface area contributed by atoms with Gasteiger partial charge in [-0.1, -0.05) is 18.2 Å². The van der Waals surface area contributed by atoms with E-state index in [-0.39, 0.29) is 0 Å². The van der Waals surface area contributed by atoms with Gasteiger partial charge in [-0.05, 0) is 30.2 Å². The molecule has 0 spiro atoms. The zero-order chi connectivity index (χ0) is 25.8. The van der Waals surface area contributed by atoms with Gasteiger partial charge in [-0.3, -0.25) is 10.00 Å². The normalized spacial score (nSPS) is 14.2. The molecule has 0 amide bonds. The molecule has 1 aliphatic heterocycles. The highest BCUT2D eigenvalue weighted by molar-refractivity contribution is 5.93. The van der Waals surface area contributed by atoms with Crippen LogP contribution >= 0.6 is 0 Å². The Hall–Kier alpha value is -4.00. The molecule has 3 aromatic heterocycles. The number of hydrogen-bond donors (Lipinski definition) is 1. The number of nitrogens with one attached hydrogen (secondary N) is 1. The van der Waals surface area contributed by atoms with E-state index >= 15 is 0 Å². The number of nitrogens with zero attached hydrogens (tertiary/aromatic N) is 6. The molecular formula is C28H31N7O2. The molecule has 9 heteroatoms. The molecule has 37 heavy (non-hydrogen) atoms. The van der Waals surface area contributed by atoms with Gasteiger partial charge in [-0.15, -0.1) is 0 Å². The van der Waals surface area contributed by atoms with Crippen molar-refractivity contribution in [3.05, 3.63) is 53.7 Å². The fraction of sp³-hybridized carbons (Fsp3) is 0.357. The maximum absolute atomic E-state index is 9.21. The predicted molar refractivity (Wildman–Crippen MR) is 144 cm³/mol. The van der Waals surface area contributed by atoms with Gasteiger partial charge in [0.1, 0.15) is 28.5 Å². The summed E-state index contributed by atoms with van der Waals surface area (Å²) in [6.45, 7) is 7.62. The van der Waals surface area contributed by atoms with Gasteiger partial charge in [0.05, 0.1) is 31.7 Å². The summed E-state index contributed by atoms with van der Waals surface area (Å²) in [4.78, 5) is 14.5. The van der Waals surface area contributed by atoms with Crippen molar-refractivity contribution >= 4 is 16.9 Å². The number of aromatic amines is 1. The molecule has 1 saturated heterocycles. The maximum Gasteiger partial charge on any atom is 0.147 e. The second-order valence-electron chi connectivity index (χ2n) is 9.16. The Labute approximate surface area is 216 Å². The third-order valence-electron chi connectivity index (χ3n) is 7.02. The number of piperazine rings is 1. The molecule has 4 heterocycles. The molecule has 0 unspecified atom stereocenters. The summed E-state index contributed by atoms with van der Waals surface area (Å²) in [7, 11) is 3.38. The topological polar surface area (TPSA) is 103 Å². The lowest BCUT2D eigenvalue weighted by Crippen LogP contribution is -2.47. The molecule has 1 aliphatic rings. The van der Waals surface area contributed by atoms with Crippen LogP contribution in [0, 0.1) is 18.3 Å². The van der Waals surface area contributed by atoms with Gasteiger partial charge in [-0.2, -0.15) is 10.4 Å². The summed E-state index contributed by atoms with van der Waals surface area (Å²) < 4.78 is 10.9. The van der Waals surface area contributed by atoms with Crippen LogP contribution < -0.4 is 9.64 Å². The second-order valence-corrected chi connectivity index (χ2v) is 9.16. The highest BCUT2D eigenvalue weighted by Crippen LogP contribution is 2.36. The van der Waals surface area contributed by atoms with E-state index in [2.05, 4.69) is 38.2 Å². The van der Waals surface area contributed by atoms with Crippen molar-refractivity contribution in [3.63, 3.8) is 0 Å². The highest BCUT2D eigenvalue weighted by atomic mass is 16.5. The molecule has 0 bridgehead atoms. The van der Waals surface area contributed by atoms with Crippen LogP contribution in [-0.4, -0.2) is 78.6 Å². The molecule has 1 fully saturated rings. The lowest BCUT2D eigenvalue weighted by Gasteiger charge is -2.35. The zero-order valence-corrected chi connectivity index (χ0v) is 21.5. The molecule has 4 aromatic rings. The summed E-state index contributed by atoms with van der Waals surface area (Å²) in [6, 6.07) is 14.2. The van der Waals surface area contributed by atoms with Crippen LogP contribution in [0.3, 0.4) is 0 Å². The first-order chi connectivity index (χ1) is 18.1. The maximum atomic E-state index is 9.21. The Balaban J connectivity index is 1.44. The van der Waals surface area contributed by atoms with Gasteiger partial charge in [0.15, 0.2) is 0 Å². The van der Waals surface area contributed by atoms with Crippen molar-refractivity contribution < 1.29 is 9.47 Å². The van der Waals surface area contributed by atoms with E-state index in [1.807, 2.05) is 37.4 Å². The third kappa shape index (κ3) is 4.99. The second kappa shape index (κ2) is 10.9. The van der Waals surface area contributed by atoms with Gasteiger partial charge < -0.3 is 14.4 Å². The number of hydrogen-bond acceptors (Lipinski definition) is 8. The first kappa shape index (κ1) is 24.7. The minimum Gasteiger partial charge on any atom is -0.494 e. The van der Waals surface area contributed by atoms with E-state index in [0.29, 0.717) is 12.2 Å². The van der Waals surface area contributed by atoms with E-state index in [9.17, 15) is 5.26 Å². The van der Waals surface area contributed by atoms with E-state index in [0.717, 1.165) is 89.8 Å². The minimum atomic E-state index is 0.349. The molecule has 9 nitrogen and oxygen atoms in total. The molecular weight excluding hydrogens is 466 g/mol. The van der Waals surface area contributed by atoms with Crippen molar-refractivity contribution in [2.24, 2.45) is 0 Å². The van der Waals surface area contributed by atoms with Gasteiger partial charge in [-0.25, -0.2) is 9.97 Å². The van der Waals surface area contributed by atoms with Crippen LogP contribution in [0.2, 0.25) is 0 Å². The number of anilines is 1. The Bertz CT molecular complexity index is 1420. The van der Waals surface area contributed by atoms with E-state index in [1.165, 1.54) is 0 Å². The summed E-state index contributed by atoms with van der Waals surface area (Å²) >= 11 is 0. The summed E-state index contributed by atoms with van der Waals surface area (Å²) in [5.74, 6) is 1.62. The van der Waals surface area contributed by atoms with Crippen molar-refractivity contribution in [1.29, 1.82) is 5.26 Å². The molecule has 0 radical (unpaired) electrons. The largest absolute Gasteiger partial charge is 0.494 e. The lowest BCUT2D eigenvalue weighted by atomic mass is 9.97. The molecule has 0 atom stereocenters. The summed E-state index contributed by atoms with van der Waals surface area (Å²) in [5, 5.41) is 16.9. The van der Waals surface area contributed by atoms with Gasteiger partial charge >= 0.3 is 0 Å². The van der Waals surface area contributed by atoms with Crippen LogP contribution in [-0.2, 0) is 11.2 Å². The fourth-order valence-electron chi connectivity index (χ4n) is 4.83. The van der Waals surface area contributed by atoms with Crippen molar-refractivity contribution in [2.75, 3.05) is 58.5 Å². The number of benzene rings is 1. The van der Waals surface area contributed by atoms with Crippen molar-refractivity contribution in [3.8, 4) is 34.3 Å². The van der Waals surface area contributed by atoms with E-state index in [4.69, 9.17) is 19.4 Å². The van der Waals surface area contributed by atoms with Crippen LogP contribution in [0.5, 0.6) is 5.75 Å². The summed E-state index contributed by atoms with van der Waals surface area (Å²) in [6.07, 6.45) is 2.22. The number of H-pyrrole nitrogens is 1. The van der Waals surface area contributed by atoms with Gasteiger partial charge in [0.2, 0.25) is 0 Å². The number of pyridine rings is 2. The predicted octanol–water partition coefficient (Wildman–Crippen LogP) is 3.84. The number of nitriles is 1. The van der Waals surface area contributed by atoms with Crippen LogP contribution in [0.25, 0.3) is 33.5 Å². The van der Waals surface area contributed by atoms with Crippen LogP contribution in [0.4, 0.5) is 5.82 Å². The van der Waals surface area contributed by atoms with E-state index < -0.39 is 0 Å². The molecule has 0 aliphatic carbocycles. The zero-order valence-electron chi connectivity index (χ0n) is 21.5. The molecule has 1 N–H and O–H groups in total. The highest BCUT2D eigenvalue weighted by Gasteiger charge is 2.20. The van der Waals surface area contributed by atoms with E-state index in [1.54, 1.807) is 14.2 Å². The fourth-order valence-corrected chi connectivity index (χ4v) is 4.83. The number of rotatable bonds is 8. The number of aromatic nitrogens is 4. The SMILES string of the molecule is COCCN1CCN(c2ccc(-c3n[nH]c4cc(OC)c(-c5cccc(CC#N)c5C)nc34)cn2)CC1. The molecule has 1 aromatic carbocycles. The number of ether oxygens (including phenoxy) is 2. The lowest BCUT2D eigenvalue weighted by molar-refractivity contribution is 0.144. The molecule has 190 valence electrons.